The lowest BCUT2D eigenvalue weighted by molar-refractivity contribution is 0.0628. The number of aliphatic hydroxyl groups is 1. The highest BCUT2D eigenvalue weighted by Gasteiger charge is 2.31. The van der Waals surface area contributed by atoms with Crippen LogP contribution in [0.15, 0.2) is 24.3 Å². The Balaban J connectivity index is 2.08. The number of nitrogens with two attached hydrogens (primary N) is 1. The zero-order chi connectivity index (χ0) is 15.6. The first-order valence-corrected chi connectivity index (χ1v) is 8.86. The van der Waals surface area contributed by atoms with Crippen LogP contribution >= 0.6 is 12.2 Å². The highest BCUT2D eigenvalue weighted by atomic mass is 32.2. The third kappa shape index (κ3) is 4.00. The van der Waals surface area contributed by atoms with Gasteiger partial charge < -0.3 is 10.8 Å². The lowest BCUT2D eigenvalue weighted by Crippen LogP contribution is -2.45. The van der Waals surface area contributed by atoms with E-state index in [1.165, 1.54) is 4.31 Å². The fraction of sp³-hybridized carbons (Fsp3) is 0.500. The predicted octanol–water partition coefficient (Wildman–Crippen LogP) is 0.853. The lowest BCUT2D eigenvalue weighted by atomic mass is 9.99. The number of thiocarbonyl (C=S) groups is 1. The quantitative estimate of drug-likeness (QED) is 0.801. The second kappa shape index (κ2) is 6.39. The van der Waals surface area contributed by atoms with E-state index in [0.29, 0.717) is 30.1 Å². The van der Waals surface area contributed by atoms with Crippen LogP contribution in [-0.2, 0) is 15.8 Å². The molecule has 3 N–H and O–H groups in total. The van der Waals surface area contributed by atoms with E-state index in [4.69, 9.17) is 18.0 Å². The van der Waals surface area contributed by atoms with Crippen LogP contribution in [0.1, 0.15) is 24.5 Å². The minimum Gasteiger partial charge on any atom is -0.393 e. The predicted molar refractivity (Wildman–Crippen MR) is 86.3 cm³/mol. The molecule has 0 radical (unpaired) electrons. The van der Waals surface area contributed by atoms with Crippen molar-refractivity contribution in [2.45, 2.75) is 25.2 Å². The molecule has 2 rings (SSSR count). The van der Waals surface area contributed by atoms with Crippen LogP contribution in [0, 0.1) is 5.92 Å². The molecule has 1 saturated heterocycles. The van der Waals surface area contributed by atoms with Gasteiger partial charge in [-0.2, -0.15) is 0 Å². The summed E-state index contributed by atoms with van der Waals surface area (Å²) in [6, 6.07) is 6.92. The van der Waals surface area contributed by atoms with Crippen molar-refractivity contribution in [3.8, 4) is 0 Å². The van der Waals surface area contributed by atoms with E-state index in [-0.39, 0.29) is 11.7 Å². The first-order chi connectivity index (χ1) is 9.79. The fourth-order valence-corrected chi connectivity index (χ4v) is 4.19. The normalized spacial score (nSPS) is 23.9. The number of sulfonamides is 1. The van der Waals surface area contributed by atoms with Crippen LogP contribution in [0.4, 0.5) is 0 Å². The molecule has 0 bridgehead atoms. The third-order valence-corrected chi connectivity index (χ3v) is 5.86. The zero-order valence-electron chi connectivity index (χ0n) is 11.9. The summed E-state index contributed by atoms with van der Waals surface area (Å²) in [5, 5.41) is 9.69. The molecule has 0 aliphatic carbocycles. The summed E-state index contributed by atoms with van der Waals surface area (Å²) in [6.07, 6.45) is 0.0714. The van der Waals surface area contributed by atoms with Crippen molar-refractivity contribution in [2.24, 2.45) is 11.7 Å². The number of hydrogen-bond acceptors (Lipinski definition) is 4. The van der Waals surface area contributed by atoms with Gasteiger partial charge in [0.2, 0.25) is 10.0 Å². The van der Waals surface area contributed by atoms with Crippen LogP contribution in [0.25, 0.3) is 0 Å². The molecular formula is C14H20N2O3S2. The molecule has 7 heteroatoms. The molecule has 1 aliphatic rings. The van der Waals surface area contributed by atoms with Gasteiger partial charge in [0.05, 0.1) is 11.9 Å². The number of aliphatic hydroxyl groups excluding tert-OH is 1. The average Bonchev–Trinajstić information content (AvgIpc) is 2.42. The van der Waals surface area contributed by atoms with Gasteiger partial charge >= 0.3 is 0 Å². The van der Waals surface area contributed by atoms with Gasteiger partial charge in [-0.25, -0.2) is 12.7 Å². The maximum atomic E-state index is 12.4. The SMILES string of the molecule is CC1CN(S(=O)(=O)Cc2ccc(C(N)=S)cc2)CCC1O. The van der Waals surface area contributed by atoms with Crippen LogP contribution in [0.5, 0.6) is 0 Å². The molecule has 0 aromatic heterocycles. The van der Waals surface area contributed by atoms with Crippen molar-refractivity contribution in [2.75, 3.05) is 13.1 Å². The third-order valence-electron chi connectivity index (χ3n) is 3.80. The van der Waals surface area contributed by atoms with E-state index >= 15 is 0 Å². The molecule has 1 aromatic carbocycles. The van der Waals surface area contributed by atoms with Crippen LogP contribution in [0.3, 0.4) is 0 Å². The highest BCUT2D eigenvalue weighted by Crippen LogP contribution is 2.21. The van der Waals surface area contributed by atoms with Gasteiger partial charge in [-0.3, -0.25) is 0 Å². The molecule has 1 heterocycles. The van der Waals surface area contributed by atoms with Crippen LogP contribution in [0.2, 0.25) is 0 Å². The monoisotopic (exact) mass is 328 g/mol. The summed E-state index contributed by atoms with van der Waals surface area (Å²) in [7, 11) is -3.37. The Morgan fingerprint density at radius 1 is 1.43 bits per heavy atom. The van der Waals surface area contributed by atoms with Crippen molar-refractivity contribution in [3.05, 3.63) is 35.4 Å². The van der Waals surface area contributed by atoms with Crippen LogP contribution < -0.4 is 5.73 Å². The first-order valence-electron chi connectivity index (χ1n) is 6.84. The molecule has 0 saturated carbocycles. The topological polar surface area (TPSA) is 83.6 Å². The van der Waals surface area contributed by atoms with Crippen molar-refractivity contribution in [1.82, 2.24) is 4.31 Å². The molecule has 21 heavy (non-hydrogen) atoms. The van der Waals surface area contributed by atoms with Crippen molar-refractivity contribution in [3.63, 3.8) is 0 Å². The fourth-order valence-electron chi connectivity index (χ4n) is 2.41. The Labute approximate surface area is 130 Å². The molecule has 5 nitrogen and oxygen atoms in total. The van der Waals surface area contributed by atoms with E-state index in [0.717, 1.165) is 5.56 Å². The zero-order valence-corrected chi connectivity index (χ0v) is 13.5. The Kier molecular flexibility index (Phi) is 4.98. The maximum absolute atomic E-state index is 12.4. The lowest BCUT2D eigenvalue weighted by Gasteiger charge is -2.33. The summed E-state index contributed by atoms with van der Waals surface area (Å²) in [5.74, 6) is -0.0847. The largest absolute Gasteiger partial charge is 0.393 e. The van der Waals surface area contributed by atoms with Gasteiger partial charge in [0.25, 0.3) is 0 Å². The van der Waals surface area contributed by atoms with Crippen LogP contribution in [-0.4, -0.2) is 42.0 Å². The molecule has 2 atom stereocenters. The molecular weight excluding hydrogens is 308 g/mol. The summed E-state index contributed by atoms with van der Waals surface area (Å²) in [6.45, 7) is 2.61. The Morgan fingerprint density at radius 3 is 2.57 bits per heavy atom. The molecule has 0 spiro atoms. The number of hydrogen-bond donors (Lipinski definition) is 2. The smallest absolute Gasteiger partial charge is 0.218 e. The minimum atomic E-state index is -3.37. The Morgan fingerprint density at radius 2 is 2.05 bits per heavy atom. The molecule has 116 valence electrons. The van der Waals surface area contributed by atoms with E-state index in [9.17, 15) is 13.5 Å². The average molecular weight is 328 g/mol. The van der Waals surface area contributed by atoms with E-state index in [1.807, 2.05) is 6.92 Å². The van der Waals surface area contributed by atoms with Gasteiger partial charge in [0.1, 0.15) is 4.99 Å². The summed E-state index contributed by atoms with van der Waals surface area (Å²) in [5.41, 5.74) is 6.94. The van der Waals surface area contributed by atoms with Gasteiger partial charge in [0.15, 0.2) is 0 Å². The van der Waals surface area contributed by atoms with E-state index in [2.05, 4.69) is 0 Å². The van der Waals surface area contributed by atoms with Gasteiger partial charge in [-0.05, 0) is 17.9 Å². The summed E-state index contributed by atoms with van der Waals surface area (Å²) in [4.78, 5) is 0.295. The Bertz CT molecular complexity index is 614. The van der Waals surface area contributed by atoms with Gasteiger partial charge in [-0.15, -0.1) is 0 Å². The van der Waals surface area contributed by atoms with Crippen molar-refractivity contribution in [1.29, 1.82) is 0 Å². The number of benzene rings is 1. The Hall–Kier alpha value is -1.02. The minimum absolute atomic E-state index is 0.0366. The summed E-state index contributed by atoms with van der Waals surface area (Å²) >= 11 is 4.87. The van der Waals surface area contributed by atoms with Crippen molar-refractivity contribution < 1.29 is 13.5 Å². The van der Waals surface area contributed by atoms with Gasteiger partial charge in [-0.1, -0.05) is 43.4 Å². The van der Waals surface area contributed by atoms with Crippen molar-refractivity contribution >= 4 is 27.2 Å². The standard InChI is InChI=1S/C14H20N2O3S2/c1-10-8-16(7-6-13(10)17)21(18,19)9-11-2-4-12(5-3-11)14(15)20/h2-5,10,13,17H,6-9H2,1H3,(H2,15,20). The molecule has 1 aromatic rings. The molecule has 0 amide bonds. The van der Waals surface area contributed by atoms with E-state index < -0.39 is 16.1 Å². The number of rotatable bonds is 4. The number of nitrogens with zero attached hydrogens (tertiary/aromatic N) is 1. The number of piperidine rings is 1. The summed E-state index contributed by atoms with van der Waals surface area (Å²) < 4.78 is 26.3. The van der Waals surface area contributed by atoms with E-state index in [1.54, 1.807) is 24.3 Å². The first kappa shape index (κ1) is 16.4. The maximum Gasteiger partial charge on any atom is 0.218 e. The molecule has 1 aliphatic heterocycles. The molecule has 1 fully saturated rings. The second-order valence-electron chi connectivity index (χ2n) is 5.51. The highest BCUT2D eigenvalue weighted by molar-refractivity contribution is 7.88. The second-order valence-corrected chi connectivity index (χ2v) is 7.92. The van der Waals surface area contributed by atoms with Gasteiger partial charge in [0, 0.05) is 18.7 Å². The molecule has 2 unspecified atom stereocenters.